The van der Waals surface area contributed by atoms with Gasteiger partial charge in [0.05, 0.1) is 6.10 Å². The molecule has 0 aliphatic carbocycles. The molecule has 0 heterocycles. The number of hydrogen-bond donors (Lipinski definition) is 2. The maximum atomic E-state index is 9.11. The Morgan fingerprint density at radius 3 is 2.08 bits per heavy atom. The van der Waals surface area contributed by atoms with E-state index in [1.165, 1.54) is 0 Å². The van der Waals surface area contributed by atoms with Gasteiger partial charge in [-0.2, -0.15) is 0 Å². The third-order valence-electron chi connectivity index (χ3n) is 1.68. The van der Waals surface area contributed by atoms with Gasteiger partial charge in [0, 0.05) is 12.6 Å². The van der Waals surface area contributed by atoms with Crippen molar-refractivity contribution in [3.05, 3.63) is 0 Å². The van der Waals surface area contributed by atoms with Crippen LogP contribution in [0.5, 0.6) is 0 Å². The van der Waals surface area contributed by atoms with Gasteiger partial charge in [0.15, 0.2) is 0 Å². The molecule has 0 aliphatic rings. The molecule has 2 unspecified atom stereocenters. The number of nitrogens with one attached hydrogen (secondary N) is 1. The van der Waals surface area contributed by atoms with Crippen molar-refractivity contribution >= 4 is 0 Å². The third kappa shape index (κ3) is 8.02. The van der Waals surface area contributed by atoms with Gasteiger partial charge in [-0.25, -0.2) is 0 Å². The molecule has 0 aliphatic heterocycles. The Hall–Kier alpha value is -0.0800. The van der Waals surface area contributed by atoms with Crippen LogP contribution in [-0.2, 0) is 0 Å². The molecule has 2 N–H and O–H groups in total. The molecule has 2 atom stereocenters. The summed E-state index contributed by atoms with van der Waals surface area (Å²) < 4.78 is 0. The fourth-order valence-corrected chi connectivity index (χ4v) is 1.08. The molecule has 0 aromatic heterocycles. The van der Waals surface area contributed by atoms with Gasteiger partial charge in [-0.1, -0.05) is 20.8 Å². The minimum Gasteiger partial charge on any atom is -0.393 e. The molecule has 0 radical (unpaired) electrons. The van der Waals surface area contributed by atoms with E-state index in [0.29, 0.717) is 11.5 Å². The molecule has 74 valence electrons. The number of hydrogen-bond acceptors (Lipinski definition) is 2. The lowest BCUT2D eigenvalue weighted by Gasteiger charge is -2.23. The minimum absolute atomic E-state index is 0.201. The van der Waals surface area contributed by atoms with Gasteiger partial charge in [-0.05, 0) is 25.7 Å². The van der Waals surface area contributed by atoms with Crippen molar-refractivity contribution in [2.45, 2.75) is 53.2 Å². The van der Waals surface area contributed by atoms with Crippen LogP contribution in [0.2, 0.25) is 0 Å². The summed E-state index contributed by atoms with van der Waals surface area (Å²) in [5.41, 5.74) is 0.326. The molecule has 0 saturated carbocycles. The summed E-state index contributed by atoms with van der Waals surface area (Å²) in [5, 5.41) is 12.5. The second kappa shape index (κ2) is 4.83. The number of aliphatic hydroxyl groups is 1. The smallest absolute Gasteiger partial charge is 0.0526 e. The first-order valence-corrected chi connectivity index (χ1v) is 4.73. The molecule has 0 rings (SSSR count). The molecule has 2 nitrogen and oxygen atoms in total. The molecule has 0 aromatic carbocycles. The molecule has 2 heteroatoms. The molecular weight excluding hydrogens is 150 g/mol. The molecule has 0 fully saturated rings. The van der Waals surface area contributed by atoms with Crippen LogP contribution in [0.15, 0.2) is 0 Å². The lowest BCUT2D eigenvalue weighted by molar-refractivity contribution is 0.167. The first kappa shape index (κ1) is 11.9. The van der Waals surface area contributed by atoms with Crippen LogP contribution in [-0.4, -0.2) is 23.8 Å². The van der Waals surface area contributed by atoms with E-state index in [9.17, 15) is 0 Å². The van der Waals surface area contributed by atoms with Crippen LogP contribution in [0.25, 0.3) is 0 Å². The first-order valence-electron chi connectivity index (χ1n) is 4.73. The average Bonchev–Trinajstić information content (AvgIpc) is 1.80. The van der Waals surface area contributed by atoms with Crippen molar-refractivity contribution in [1.29, 1.82) is 0 Å². The van der Waals surface area contributed by atoms with Gasteiger partial charge in [-0.15, -0.1) is 0 Å². The highest BCUT2D eigenvalue weighted by molar-refractivity contribution is 4.70. The van der Waals surface area contributed by atoms with Crippen LogP contribution >= 0.6 is 0 Å². The second-order valence-corrected chi connectivity index (χ2v) is 4.93. The molecular formula is C10H23NO. The molecule has 0 bridgehead atoms. The largest absolute Gasteiger partial charge is 0.393 e. The quantitative estimate of drug-likeness (QED) is 0.679. The Kier molecular flexibility index (Phi) is 4.80. The normalized spacial score (nSPS) is 17.5. The summed E-state index contributed by atoms with van der Waals surface area (Å²) in [6.45, 7) is 11.5. The van der Waals surface area contributed by atoms with Crippen molar-refractivity contribution in [3.8, 4) is 0 Å². The molecule has 0 spiro atoms. The van der Waals surface area contributed by atoms with Crippen LogP contribution in [0, 0.1) is 5.41 Å². The number of rotatable bonds is 4. The zero-order chi connectivity index (χ0) is 9.78. The van der Waals surface area contributed by atoms with Crippen LogP contribution in [0.1, 0.15) is 41.0 Å². The van der Waals surface area contributed by atoms with E-state index in [0.717, 1.165) is 13.0 Å². The fraction of sp³-hybridized carbons (Fsp3) is 1.00. The van der Waals surface area contributed by atoms with E-state index in [1.54, 1.807) is 0 Å². The predicted octanol–water partition coefficient (Wildman–Crippen LogP) is 1.78. The Morgan fingerprint density at radius 2 is 1.75 bits per heavy atom. The minimum atomic E-state index is -0.201. The Morgan fingerprint density at radius 1 is 1.25 bits per heavy atom. The summed E-state index contributed by atoms with van der Waals surface area (Å²) in [6, 6.07) is 0.407. The molecule has 0 saturated heterocycles. The van der Waals surface area contributed by atoms with Crippen molar-refractivity contribution in [2.75, 3.05) is 6.54 Å². The highest BCUT2D eigenvalue weighted by atomic mass is 16.3. The lowest BCUT2D eigenvalue weighted by Crippen LogP contribution is -2.35. The summed E-state index contributed by atoms with van der Waals surface area (Å²) in [5.74, 6) is 0. The molecule has 12 heavy (non-hydrogen) atoms. The third-order valence-corrected chi connectivity index (χ3v) is 1.68. The van der Waals surface area contributed by atoms with Crippen molar-refractivity contribution in [3.63, 3.8) is 0 Å². The number of aliphatic hydroxyl groups excluding tert-OH is 1. The van der Waals surface area contributed by atoms with E-state index in [4.69, 9.17) is 5.11 Å². The molecule has 0 amide bonds. The molecule has 0 aromatic rings. The fourth-order valence-electron chi connectivity index (χ4n) is 1.08. The van der Waals surface area contributed by atoms with Gasteiger partial charge >= 0.3 is 0 Å². The lowest BCUT2D eigenvalue weighted by atomic mass is 9.96. The van der Waals surface area contributed by atoms with Gasteiger partial charge in [-0.3, -0.25) is 0 Å². The maximum Gasteiger partial charge on any atom is 0.0526 e. The standard InChI is InChI=1S/C10H23NO/c1-8(6-9(2)12)11-7-10(3,4)5/h8-9,11-12H,6-7H2,1-5H3. The van der Waals surface area contributed by atoms with Crippen molar-refractivity contribution in [2.24, 2.45) is 5.41 Å². The van der Waals surface area contributed by atoms with E-state index in [1.807, 2.05) is 6.92 Å². The monoisotopic (exact) mass is 173 g/mol. The van der Waals surface area contributed by atoms with Crippen molar-refractivity contribution in [1.82, 2.24) is 5.32 Å². The van der Waals surface area contributed by atoms with Gasteiger partial charge < -0.3 is 10.4 Å². The average molecular weight is 173 g/mol. The van der Waals surface area contributed by atoms with Crippen LogP contribution < -0.4 is 5.32 Å². The van der Waals surface area contributed by atoms with E-state index < -0.39 is 0 Å². The predicted molar refractivity (Wildman–Crippen MR) is 53.2 cm³/mol. The van der Waals surface area contributed by atoms with E-state index >= 15 is 0 Å². The Bertz CT molecular complexity index is 115. The highest BCUT2D eigenvalue weighted by Gasteiger charge is 2.12. The zero-order valence-electron chi connectivity index (χ0n) is 9.02. The summed E-state index contributed by atoms with van der Waals surface area (Å²) in [7, 11) is 0. The second-order valence-electron chi connectivity index (χ2n) is 4.93. The van der Waals surface area contributed by atoms with E-state index in [-0.39, 0.29) is 6.10 Å². The summed E-state index contributed by atoms with van der Waals surface area (Å²) >= 11 is 0. The first-order chi connectivity index (χ1) is 5.31. The highest BCUT2D eigenvalue weighted by Crippen LogP contribution is 2.11. The SMILES string of the molecule is CC(O)CC(C)NCC(C)(C)C. The Balaban J connectivity index is 3.51. The summed E-state index contributed by atoms with van der Waals surface area (Å²) in [4.78, 5) is 0. The van der Waals surface area contributed by atoms with Gasteiger partial charge in [0.25, 0.3) is 0 Å². The topological polar surface area (TPSA) is 32.3 Å². The van der Waals surface area contributed by atoms with Crippen LogP contribution in [0.3, 0.4) is 0 Å². The van der Waals surface area contributed by atoms with Crippen LogP contribution in [0.4, 0.5) is 0 Å². The van der Waals surface area contributed by atoms with Gasteiger partial charge in [0.1, 0.15) is 0 Å². The zero-order valence-corrected chi connectivity index (χ0v) is 9.02. The maximum absolute atomic E-state index is 9.11. The van der Waals surface area contributed by atoms with Crippen molar-refractivity contribution < 1.29 is 5.11 Å². The van der Waals surface area contributed by atoms with Gasteiger partial charge in [0.2, 0.25) is 0 Å². The summed E-state index contributed by atoms with van der Waals surface area (Å²) in [6.07, 6.45) is 0.628. The van der Waals surface area contributed by atoms with E-state index in [2.05, 4.69) is 33.0 Å². The Labute approximate surface area is 76.4 Å².